The lowest BCUT2D eigenvalue weighted by Gasteiger charge is -2.26. The van der Waals surface area contributed by atoms with Gasteiger partial charge in [0.05, 0.1) is 18.5 Å². The van der Waals surface area contributed by atoms with Crippen molar-refractivity contribution in [1.82, 2.24) is 23.9 Å². The molecule has 0 spiro atoms. The van der Waals surface area contributed by atoms with Crippen molar-refractivity contribution >= 4 is 21.8 Å². The number of H-pyrrole nitrogens is 1. The Labute approximate surface area is 248 Å². The Morgan fingerprint density at radius 1 is 0.902 bits per heavy atom. The number of ether oxygens (including phenoxy) is 1. The molecular weight excluding hydrogens is 558 g/mol. The molecule has 0 aliphatic carbocycles. The van der Waals surface area contributed by atoms with Crippen LogP contribution in [0.15, 0.2) is 78.9 Å². The molecule has 41 heavy (non-hydrogen) atoms. The number of hydrogen-bond donors (Lipinski definition) is 2. The molecule has 8 nitrogen and oxygen atoms in total. The molecule has 4 rings (SSSR count). The van der Waals surface area contributed by atoms with Crippen molar-refractivity contribution in [3.05, 3.63) is 95.1 Å². The average molecular weight is 596 g/mol. The summed E-state index contributed by atoms with van der Waals surface area (Å²) in [5, 5.41) is 0.617. The highest BCUT2D eigenvalue weighted by atomic mass is 35.5. The summed E-state index contributed by atoms with van der Waals surface area (Å²) in [7, 11) is -2.14. The van der Waals surface area contributed by atoms with Crippen molar-refractivity contribution in [2.24, 2.45) is 0 Å². The fourth-order valence-electron chi connectivity index (χ4n) is 4.58. The summed E-state index contributed by atoms with van der Waals surface area (Å²) in [6.45, 7) is 7.34. The smallest absolute Gasteiger partial charge is 0.279 e. The Bertz CT molecular complexity index is 1470. The van der Waals surface area contributed by atoms with Gasteiger partial charge in [0, 0.05) is 48.7 Å². The minimum Gasteiger partial charge on any atom is -0.497 e. The fraction of sp³-hybridized carbons (Fsp3) is 0.323. The van der Waals surface area contributed by atoms with Gasteiger partial charge >= 0.3 is 0 Å². The molecule has 0 fully saturated rings. The summed E-state index contributed by atoms with van der Waals surface area (Å²) in [5.41, 5.74) is 4.41. The first-order valence-electron chi connectivity index (χ1n) is 13.8. The van der Waals surface area contributed by atoms with E-state index in [0.717, 1.165) is 52.7 Å². The number of nitrogens with zero attached hydrogens (tertiary/aromatic N) is 3. The quantitative estimate of drug-likeness (QED) is 0.186. The van der Waals surface area contributed by atoms with E-state index in [0.29, 0.717) is 24.5 Å². The van der Waals surface area contributed by atoms with Gasteiger partial charge in [-0.05, 0) is 55.1 Å². The van der Waals surface area contributed by atoms with Crippen molar-refractivity contribution in [1.29, 1.82) is 0 Å². The zero-order valence-corrected chi connectivity index (χ0v) is 25.4. The molecule has 0 bridgehead atoms. The van der Waals surface area contributed by atoms with Crippen LogP contribution in [-0.4, -0.2) is 67.4 Å². The van der Waals surface area contributed by atoms with Gasteiger partial charge in [0.1, 0.15) is 11.6 Å². The van der Waals surface area contributed by atoms with E-state index in [2.05, 4.69) is 28.5 Å². The first kappa shape index (κ1) is 30.7. The average Bonchev–Trinajstić information content (AvgIpc) is 3.42. The number of rotatable bonds is 15. The van der Waals surface area contributed by atoms with Gasteiger partial charge in [-0.2, -0.15) is 12.7 Å². The normalized spacial score (nSPS) is 11.9. The number of halogens is 1. The lowest BCUT2D eigenvalue weighted by molar-refractivity contribution is 0.267. The maximum atomic E-state index is 13.6. The van der Waals surface area contributed by atoms with E-state index in [-0.39, 0.29) is 13.1 Å². The molecular formula is C31H38ClN5O3S. The van der Waals surface area contributed by atoms with E-state index >= 15 is 0 Å². The summed E-state index contributed by atoms with van der Waals surface area (Å²) < 4.78 is 36.8. The van der Waals surface area contributed by atoms with Gasteiger partial charge in [-0.15, -0.1) is 0 Å². The van der Waals surface area contributed by atoms with Crippen LogP contribution in [0.3, 0.4) is 0 Å². The number of nitrogens with one attached hydrogen (secondary N) is 2. The number of hydrogen-bond acceptors (Lipinski definition) is 5. The van der Waals surface area contributed by atoms with Crippen molar-refractivity contribution in [3.63, 3.8) is 0 Å². The number of methoxy groups -OCH3 is 1. The molecule has 0 saturated carbocycles. The van der Waals surface area contributed by atoms with E-state index in [1.807, 2.05) is 66.7 Å². The van der Waals surface area contributed by atoms with Gasteiger partial charge in [-0.3, -0.25) is 0 Å². The highest BCUT2D eigenvalue weighted by Gasteiger charge is 2.23. The molecule has 10 heteroatoms. The second kappa shape index (κ2) is 14.6. The van der Waals surface area contributed by atoms with E-state index in [1.165, 1.54) is 4.31 Å². The third-order valence-corrected chi connectivity index (χ3v) is 8.84. The lowest BCUT2D eigenvalue weighted by atomic mass is 10.1. The van der Waals surface area contributed by atoms with Crippen LogP contribution in [0.5, 0.6) is 5.75 Å². The van der Waals surface area contributed by atoms with Gasteiger partial charge in [-0.1, -0.05) is 67.9 Å². The summed E-state index contributed by atoms with van der Waals surface area (Å²) in [4.78, 5) is 10.5. The predicted molar refractivity (Wildman–Crippen MR) is 166 cm³/mol. The molecule has 0 atom stereocenters. The Kier molecular flexibility index (Phi) is 11.0. The van der Waals surface area contributed by atoms with E-state index in [9.17, 15) is 8.42 Å². The van der Waals surface area contributed by atoms with Gasteiger partial charge in [-0.25, -0.2) is 9.71 Å². The molecule has 0 aliphatic rings. The van der Waals surface area contributed by atoms with Crippen LogP contribution in [0.25, 0.3) is 22.6 Å². The number of benzene rings is 3. The highest BCUT2D eigenvalue weighted by molar-refractivity contribution is 7.87. The van der Waals surface area contributed by atoms with Gasteiger partial charge in [0.15, 0.2) is 0 Å². The third kappa shape index (κ3) is 8.40. The van der Waals surface area contributed by atoms with Crippen LogP contribution in [0.2, 0.25) is 5.02 Å². The standard InChI is InChI=1S/C31H38ClN5O3S/c1-4-36(5-2)21-22-37(23-24-11-15-27(32)16-12-24)41(38,39)33-20-19-29-30(25-13-17-28(40-3)18-14-25)35-31(34-29)26-9-7-6-8-10-26/h6-18,33H,4-5,19-23H2,1-3H3,(H,34,35). The fourth-order valence-corrected chi connectivity index (χ4v) is 5.89. The molecule has 0 radical (unpaired) electrons. The maximum Gasteiger partial charge on any atom is 0.279 e. The topological polar surface area (TPSA) is 90.6 Å². The van der Waals surface area contributed by atoms with E-state index in [4.69, 9.17) is 21.3 Å². The van der Waals surface area contributed by atoms with Crippen LogP contribution in [0, 0.1) is 0 Å². The Morgan fingerprint density at radius 3 is 2.22 bits per heavy atom. The summed E-state index contributed by atoms with van der Waals surface area (Å²) in [6.07, 6.45) is 0.411. The van der Waals surface area contributed by atoms with Crippen molar-refractivity contribution in [3.8, 4) is 28.4 Å². The molecule has 0 unspecified atom stereocenters. The Hall–Kier alpha value is -3.21. The zero-order chi connectivity index (χ0) is 29.2. The van der Waals surface area contributed by atoms with Crippen molar-refractivity contribution < 1.29 is 13.2 Å². The molecule has 0 aliphatic heterocycles. The first-order chi connectivity index (χ1) is 19.8. The Morgan fingerprint density at radius 2 is 1.59 bits per heavy atom. The lowest BCUT2D eigenvalue weighted by Crippen LogP contribution is -2.44. The van der Waals surface area contributed by atoms with Crippen LogP contribution in [-0.2, 0) is 23.2 Å². The van der Waals surface area contributed by atoms with Crippen molar-refractivity contribution in [2.45, 2.75) is 26.8 Å². The minimum atomic E-state index is -3.78. The van der Waals surface area contributed by atoms with Crippen LogP contribution in [0.4, 0.5) is 0 Å². The molecule has 3 aromatic carbocycles. The van der Waals surface area contributed by atoms with Gasteiger partial charge < -0.3 is 14.6 Å². The molecule has 0 saturated heterocycles. The number of aromatic nitrogens is 2. The van der Waals surface area contributed by atoms with Crippen LogP contribution < -0.4 is 9.46 Å². The van der Waals surface area contributed by atoms with Crippen LogP contribution >= 0.6 is 11.6 Å². The molecule has 0 amide bonds. The SMILES string of the molecule is CCN(CC)CCN(Cc1ccc(Cl)cc1)S(=O)(=O)NCCc1nc(-c2ccccc2)[nH]c1-c1ccc(OC)cc1. The zero-order valence-electron chi connectivity index (χ0n) is 23.8. The number of aromatic amines is 1. The van der Waals surface area contributed by atoms with Crippen molar-refractivity contribution in [2.75, 3.05) is 39.8 Å². The molecule has 4 aromatic rings. The number of imidazole rings is 1. The summed E-state index contributed by atoms with van der Waals surface area (Å²) >= 11 is 6.05. The summed E-state index contributed by atoms with van der Waals surface area (Å²) in [6, 6.07) is 24.9. The number of likely N-dealkylation sites (N-methyl/N-ethyl adjacent to an activating group) is 1. The highest BCUT2D eigenvalue weighted by Crippen LogP contribution is 2.28. The first-order valence-corrected chi connectivity index (χ1v) is 15.6. The third-order valence-electron chi connectivity index (χ3n) is 7.02. The predicted octanol–water partition coefficient (Wildman–Crippen LogP) is 5.63. The maximum absolute atomic E-state index is 13.6. The summed E-state index contributed by atoms with van der Waals surface area (Å²) in [5.74, 6) is 1.49. The molecule has 1 heterocycles. The second-order valence-corrected chi connectivity index (χ2v) is 11.8. The van der Waals surface area contributed by atoms with E-state index in [1.54, 1.807) is 19.2 Å². The molecule has 1 aromatic heterocycles. The Balaban J connectivity index is 1.53. The second-order valence-electron chi connectivity index (χ2n) is 9.64. The monoisotopic (exact) mass is 595 g/mol. The largest absolute Gasteiger partial charge is 0.497 e. The molecule has 2 N–H and O–H groups in total. The van der Waals surface area contributed by atoms with Gasteiger partial charge in [0.2, 0.25) is 0 Å². The minimum absolute atomic E-state index is 0.201. The van der Waals surface area contributed by atoms with E-state index < -0.39 is 10.2 Å². The van der Waals surface area contributed by atoms with Gasteiger partial charge in [0.25, 0.3) is 10.2 Å². The molecule has 218 valence electrons. The van der Waals surface area contributed by atoms with Crippen LogP contribution in [0.1, 0.15) is 25.1 Å².